The Hall–Kier alpha value is -1.68. The Balaban J connectivity index is 2.69. The molecule has 9 nitrogen and oxygen atoms in total. The van der Waals surface area contributed by atoms with Crippen molar-refractivity contribution in [1.29, 1.82) is 0 Å². The van der Waals surface area contributed by atoms with Gasteiger partial charge in [-0.3, -0.25) is 9.59 Å². The normalized spacial score (nSPS) is 20.0. The Morgan fingerprint density at radius 1 is 1.50 bits per heavy atom. The number of carbonyl (C=O) groups excluding carboxylic acids is 2. The summed E-state index contributed by atoms with van der Waals surface area (Å²) in [5.74, 6) is -2.82. The molecule has 0 aromatic rings. The van der Waals surface area contributed by atoms with Crippen LogP contribution in [0.25, 0.3) is 0 Å². The van der Waals surface area contributed by atoms with Crippen LogP contribution < -0.4 is 10.5 Å². The van der Waals surface area contributed by atoms with Crippen molar-refractivity contribution in [3.05, 3.63) is 0 Å². The highest BCUT2D eigenvalue weighted by molar-refractivity contribution is 7.89. The van der Waals surface area contributed by atoms with Crippen LogP contribution in [0.2, 0.25) is 0 Å². The van der Waals surface area contributed by atoms with Crippen molar-refractivity contribution in [1.82, 2.24) is 10.2 Å². The van der Waals surface area contributed by atoms with Crippen molar-refractivity contribution >= 4 is 27.8 Å². The predicted molar refractivity (Wildman–Crippen MR) is 77.1 cm³/mol. The third kappa shape index (κ3) is 5.60. The number of primary sulfonamides is 1. The Kier molecular flexibility index (Phi) is 6.30. The number of hydrogen-bond donors (Lipinski definition) is 3. The van der Waals surface area contributed by atoms with E-state index in [1.807, 2.05) is 0 Å². The lowest BCUT2D eigenvalue weighted by Gasteiger charge is -2.24. The number of carboxylic acids is 1. The van der Waals surface area contributed by atoms with Gasteiger partial charge in [-0.1, -0.05) is 0 Å². The number of sulfonamides is 1. The van der Waals surface area contributed by atoms with E-state index in [9.17, 15) is 27.9 Å². The van der Waals surface area contributed by atoms with Crippen LogP contribution in [0.5, 0.6) is 0 Å². The maximum absolute atomic E-state index is 11.9. The van der Waals surface area contributed by atoms with Gasteiger partial charge in [0.15, 0.2) is 0 Å². The molecule has 1 fully saturated rings. The van der Waals surface area contributed by atoms with Crippen LogP contribution in [0.1, 0.15) is 26.2 Å². The topological polar surface area (TPSA) is 147 Å². The molecule has 1 saturated heterocycles. The van der Waals surface area contributed by atoms with Crippen LogP contribution >= 0.6 is 0 Å². The molecule has 10 heteroatoms. The number of nitrogens with two attached hydrogens (primary N) is 1. The molecule has 0 spiro atoms. The summed E-state index contributed by atoms with van der Waals surface area (Å²) in [6, 6.07) is -1.14. The molecule has 4 N–H and O–H groups in total. The summed E-state index contributed by atoms with van der Waals surface area (Å²) in [6.45, 7) is 2.20. The zero-order valence-corrected chi connectivity index (χ0v) is 13.1. The molecule has 1 unspecified atom stereocenters. The van der Waals surface area contributed by atoms with Crippen LogP contribution in [0.3, 0.4) is 0 Å². The SMILES string of the molecule is CCNC(=O)CC[C@@H](C(=O)O)N1CC(CS(N)(=O)=O)CC1=O. The van der Waals surface area contributed by atoms with E-state index in [-0.39, 0.29) is 37.5 Å². The van der Waals surface area contributed by atoms with Gasteiger partial charge in [-0.15, -0.1) is 0 Å². The Labute approximate surface area is 128 Å². The van der Waals surface area contributed by atoms with Crippen molar-refractivity contribution in [3.8, 4) is 0 Å². The largest absolute Gasteiger partial charge is 0.480 e. The van der Waals surface area contributed by atoms with Gasteiger partial charge in [-0.05, 0) is 13.3 Å². The number of amides is 2. The minimum atomic E-state index is -3.72. The van der Waals surface area contributed by atoms with Gasteiger partial charge in [-0.25, -0.2) is 18.4 Å². The Morgan fingerprint density at radius 3 is 2.64 bits per heavy atom. The molecule has 0 saturated carbocycles. The quantitative estimate of drug-likeness (QED) is 0.491. The highest BCUT2D eigenvalue weighted by atomic mass is 32.2. The summed E-state index contributed by atoms with van der Waals surface area (Å²) >= 11 is 0. The van der Waals surface area contributed by atoms with Gasteiger partial charge in [-0.2, -0.15) is 0 Å². The van der Waals surface area contributed by atoms with Crippen LogP contribution in [0.4, 0.5) is 0 Å². The second-order valence-electron chi connectivity index (χ2n) is 5.29. The number of carbonyl (C=O) groups is 3. The highest BCUT2D eigenvalue weighted by Crippen LogP contribution is 2.23. The third-order valence-corrected chi connectivity index (χ3v) is 4.32. The van der Waals surface area contributed by atoms with Gasteiger partial charge in [0.2, 0.25) is 21.8 Å². The van der Waals surface area contributed by atoms with E-state index in [0.717, 1.165) is 4.90 Å². The lowest BCUT2D eigenvalue weighted by molar-refractivity contribution is -0.148. The second-order valence-corrected chi connectivity index (χ2v) is 6.95. The number of rotatable bonds is 8. The molecule has 1 rings (SSSR count). The average molecular weight is 335 g/mol. The molecule has 126 valence electrons. The molecule has 0 aromatic heterocycles. The smallest absolute Gasteiger partial charge is 0.326 e. The van der Waals surface area contributed by atoms with Crippen molar-refractivity contribution in [2.45, 2.75) is 32.2 Å². The summed E-state index contributed by atoms with van der Waals surface area (Å²) in [5.41, 5.74) is 0. The number of aliphatic carboxylic acids is 1. The molecule has 0 radical (unpaired) electrons. The molecular weight excluding hydrogens is 314 g/mol. The number of nitrogens with one attached hydrogen (secondary N) is 1. The second kappa shape index (κ2) is 7.54. The van der Waals surface area contributed by atoms with Gasteiger partial charge in [0, 0.05) is 31.8 Å². The fraction of sp³-hybridized carbons (Fsp3) is 0.750. The molecule has 0 aliphatic carbocycles. The van der Waals surface area contributed by atoms with Crippen molar-refractivity contribution < 1.29 is 27.9 Å². The summed E-state index contributed by atoms with van der Waals surface area (Å²) in [6.07, 6.45) is -0.0925. The Morgan fingerprint density at radius 2 is 2.14 bits per heavy atom. The standard InChI is InChI=1S/C12H21N3O6S/c1-2-14-10(16)4-3-9(12(18)19)15-6-8(5-11(15)17)7-22(13,20)21/h8-9H,2-7H2,1H3,(H,14,16)(H,18,19)(H2,13,20,21)/t8?,9-/m0/s1. The van der Waals surface area contributed by atoms with Crippen molar-refractivity contribution in [2.75, 3.05) is 18.8 Å². The minimum Gasteiger partial charge on any atom is -0.480 e. The summed E-state index contributed by atoms with van der Waals surface area (Å²) in [5, 5.41) is 16.7. The minimum absolute atomic E-state index is 0.0155. The van der Waals surface area contributed by atoms with Crippen molar-refractivity contribution in [3.63, 3.8) is 0 Å². The molecule has 2 atom stereocenters. The summed E-state index contributed by atoms with van der Waals surface area (Å²) < 4.78 is 22.1. The maximum atomic E-state index is 11.9. The first kappa shape index (κ1) is 18.4. The zero-order chi connectivity index (χ0) is 16.9. The Bertz CT molecular complexity index is 547. The van der Waals surface area contributed by atoms with E-state index >= 15 is 0 Å². The fourth-order valence-electron chi connectivity index (χ4n) is 2.52. The predicted octanol–water partition coefficient (Wildman–Crippen LogP) is -1.51. The van der Waals surface area contributed by atoms with E-state index in [1.54, 1.807) is 6.92 Å². The number of hydrogen-bond acceptors (Lipinski definition) is 5. The monoisotopic (exact) mass is 335 g/mol. The first-order chi connectivity index (χ1) is 10.1. The van der Waals surface area contributed by atoms with Crippen LogP contribution in [0, 0.1) is 5.92 Å². The maximum Gasteiger partial charge on any atom is 0.326 e. The lowest BCUT2D eigenvalue weighted by atomic mass is 10.1. The van der Waals surface area contributed by atoms with Gasteiger partial charge >= 0.3 is 5.97 Å². The van der Waals surface area contributed by atoms with Gasteiger partial charge in [0.1, 0.15) is 6.04 Å². The van der Waals surface area contributed by atoms with Gasteiger partial charge in [0.05, 0.1) is 5.75 Å². The van der Waals surface area contributed by atoms with E-state index in [2.05, 4.69) is 5.32 Å². The lowest BCUT2D eigenvalue weighted by Crippen LogP contribution is -2.43. The third-order valence-electron chi connectivity index (χ3n) is 3.39. The van der Waals surface area contributed by atoms with Crippen molar-refractivity contribution in [2.24, 2.45) is 11.1 Å². The molecule has 1 aliphatic heterocycles. The summed E-state index contributed by atoms with van der Waals surface area (Å²) in [7, 11) is -3.72. The van der Waals surface area contributed by atoms with Crippen LogP contribution in [0.15, 0.2) is 0 Å². The summed E-state index contributed by atoms with van der Waals surface area (Å²) in [4.78, 5) is 35.8. The van der Waals surface area contributed by atoms with E-state index in [1.165, 1.54) is 0 Å². The number of likely N-dealkylation sites (tertiary alicyclic amines) is 1. The average Bonchev–Trinajstić information content (AvgIpc) is 2.68. The molecule has 0 aromatic carbocycles. The van der Waals surface area contributed by atoms with Gasteiger partial charge < -0.3 is 15.3 Å². The first-order valence-electron chi connectivity index (χ1n) is 6.93. The molecular formula is C12H21N3O6S. The molecule has 1 heterocycles. The van der Waals surface area contributed by atoms with Gasteiger partial charge in [0.25, 0.3) is 0 Å². The molecule has 0 bridgehead atoms. The molecule has 1 aliphatic rings. The highest BCUT2D eigenvalue weighted by Gasteiger charge is 2.38. The van der Waals surface area contributed by atoms with E-state index < -0.39 is 33.9 Å². The van der Waals surface area contributed by atoms with E-state index in [4.69, 9.17) is 5.14 Å². The molecule has 2 amide bonds. The van der Waals surface area contributed by atoms with Crippen LogP contribution in [-0.4, -0.2) is 61.1 Å². The number of carboxylic acid groups (broad SMARTS) is 1. The van der Waals surface area contributed by atoms with E-state index in [0.29, 0.717) is 6.54 Å². The fourth-order valence-corrected chi connectivity index (χ4v) is 3.40. The molecule has 22 heavy (non-hydrogen) atoms. The zero-order valence-electron chi connectivity index (χ0n) is 12.3. The van der Waals surface area contributed by atoms with Crippen LogP contribution in [-0.2, 0) is 24.4 Å². The number of nitrogens with zero attached hydrogens (tertiary/aromatic N) is 1. The first-order valence-corrected chi connectivity index (χ1v) is 8.65.